The molecular weight excluding hydrogens is 258 g/mol. The van der Waals surface area contributed by atoms with Crippen LogP contribution in [0, 0.1) is 11.6 Å². The molecule has 0 radical (unpaired) electrons. The summed E-state index contributed by atoms with van der Waals surface area (Å²) >= 11 is 1.27. The predicted molar refractivity (Wildman–Crippen MR) is 65.2 cm³/mol. The molecule has 4 nitrogen and oxygen atoms in total. The van der Waals surface area contributed by atoms with Crippen molar-refractivity contribution in [3.8, 4) is 10.6 Å². The van der Waals surface area contributed by atoms with E-state index in [0.717, 1.165) is 11.8 Å². The molecule has 1 aromatic carbocycles. The number of halogens is 2. The van der Waals surface area contributed by atoms with Crippen molar-refractivity contribution in [1.82, 2.24) is 4.98 Å². The maximum Gasteiger partial charge on any atom is 0.136 e. The van der Waals surface area contributed by atoms with Crippen molar-refractivity contribution in [2.45, 2.75) is 6.42 Å². The van der Waals surface area contributed by atoms with E-state index in [4.69, 9.17) is 5.53 Å². The number of hydrogen-bond acceptors (Lipinski definition) is 3. The second kappa shape index (κ2) is 5.57. The smallest absolute Gasteiger partial charge is 0.136 e. The molecule has 0 atom stereocenters. The lowest BCUT2D eigenvalue weighted by Gasteiger charge is -1.98. The van der Waals surface area contributed by atoms with Crippen LogP contribution in [-0.2, 0) is 6.42 Å². The van der Waals surface area contributed by atoms with Gasteiger partial charge in [-0.15, -0.1) is 11.3 Å². The molecule has 7 heteroatoms. The van der Waals surface area contributed by atoms with Crippen molar-refractivity contribution in [2.75, 3.05) is 6.54 Å². The lowest BCUT2D eigenvalue weighted by molar-refractivity contribution is 0.585. The Kier molecular flexibility index (Phi) is 3.86. The molecule has 2 aromatic rings. The van der Waals surface area contributed by atoms with Crippen LogP contribution >= 0.6 is 11.3 Å². The minimum atomic E-state index is -0.633. The third-order valence-corrected chi connectivity index (χ3v) is 3.17. The van der Waals surface area contributed by atoms with Crippen LogP contribution in [0.2, 0.25) is 0 Å². The van der Waals surface area contributed by atoms with Gasteiger partial charge in [-0.2, -0.15) is 0 Å². The summed E-state index contributed by atoms with van der Waals surface area (Å²) in [7, 11) is 0. The number of rotatable bonds is 4. The van der Waals surface area contributed by atoms with E-state index in [-0.39, 0.29) is 5.56 Å². The fourth-order valence-electron chi connectivity index (χ4n) is 1.42. The van der Waals surface area contributed by atoms with Gasteiger partial charge in [-0.25, -0.2) is 13.8 Å². The minimum Gasteiger partial charge on any atom is -0.241 e. The van der Waals surface area contributed by atoms with E-state index in [1.54, 1.807) is 5.38 Å². The van der Waals surface area contributed by atoms with Gasteiger partial charge in [0, 0.05) is 28.5 Å². The average Bonchev–Trinajstić information content (AvgIpc) is 2.78. The van der Waals surface area contributed by atoms with Crippen LogP contribution in [0.5, 0.6) is 0 Å². The molecule has 0 spiro atoms. The molecule has 0 N–H and O–H groups in total. The molecule has 92 valence electrons. The summed E-state index contributed by atoms with van der Waals surface area (Å²) < 4.78 is 26.3. The van der Waals surface area contributed by atoms with Crippen LogP contribution in [0.25, 0.3) is 21.0 Å². The van der Waals surface area contributed by atoms with E-state index >= 15 is 0 Å². The highest BCUT2D eigenvalue weighted by molar-refractivity contribution is 7.13. The molecule has 0 unspecified atom stereocenters. The fraction of sp³-hybridized carbons (Fsp3) is 0.182. The van der Waals surface area contributed by atoms with E-state index < -0.39 is 11.6 Å². The molecule has 0 saturated heterocycles. The first kappa shape index (κ1) is 12.5. The zero-order chi connectivity index (χ0) is 13.0. The Labute approximate surface area is 106 Å². The summed E-state index contributed by atoms with van der Waals surface area (Å²) in [5.74, 6) is -1.25. The van der Waals surface area contributed by atoms with Crippen molar-refractivity contribution >= 4 is 11.3 Å². The summed E-state index contributed by atoms with van der Waals surface area (Å²) in [5.41, 5.74) is 9.15. The first-order valence-corrected chi connectivity index (χ1v) is 5.99. The Balaban J connectivity index is 2.21. The minimum absolute atomic E-state index is 0.274. The van der Waals surface area contributed by atoms with Crippen LogP contribution < -0.4 is 0 Å². The zero-order valence-corrected chi connectivity index (χ0v) is 9.99. The van der Waals surface area contributed by atoms with Gasteiger partial charge in [0.15, 0.2) is 0 Å². The molecule has 18 heavy (non-hydrogen) atoms. The van der Waals surface area contributed by atoms with Gasteiger partial charge in [-0.05, 0) is 24.1 Å². The Morgan fingerprint density at radius 3 is 2.94 bits per heavy atom. The van der Waals surface area contributed by atoms with Crippen LogP contribution in [0.15, 0.2) is 28.7 Å². The van der Waals surface area contributed by atoms with Crippen molar-refractivity contribution in [3.63, 3.8) is 0 Å². The molecule has 0 bridgehead atoms. The van der Waals surface area contributed by atoms with Gasteiger partial charge in [0.2, 0.25) is 0 Å². The third-order valence-electron chi connectivity index (χ3n) is 2.24. The molecule has 1 aromatic heterocycles. The van der Waals surface area contributed by atoms with E-state index in [0.29, 0.717) is 18.0 Å². The molecular formula is C11H8F2N4S. The summed E-state index contributed by atoms with van der Waals surface area (Å²) in [6.07, 6.45) is 0.503. The second-order valence-electron chi connectivity index (χ2n) is 3.47. The van der Waals surface area contributed by atoms with Gasteiger partial charge >= 0.3 is 0 Å². The highest BCUT2D eigenvalue weighted by Crippen LogP contribution is 2.26. The molecule has 0 fully saturated rings. The predicted octanol–water partition coefficient (Wildman–Crippen LogP) is 3.94. The van der Waals surface area contributed by atoms with Crippen molar-refractivity contribution in [1.29, 1.82) is 0 Å². The van der Waals surface area contributed by atoms with E-state index in [1.165, 1.54) is 23.5 Å². The lowest BCUT2D eigenvalue weighted by atomic mass is 10.2. The van der Waals surface area contributed by atoms with Gasteiger partial charge in [0.1, 0.15) is 16.6 Å². The van der Waals surface area contributed by atoms with Crippen molar-refractivity contribution in [3.05, 3.63) is 51.4 Å². The van der Waals surface area contributed by atoms with Gasteiger partial charge in [-0.1, -0.05) is 5.11 Å². The number of benzene rings is 1. The van der Waals surface area contributed by atoms with Crippen LogP contribution in [0.3, 0.4) is 0 Å². The lowest BCUT2D eigenvalue weighted by Crippen LogP contribution is -1.90. The normalized spacial score (nSPS) is 10.1. The molecule has 2 rings (SSSR count). The second-order valence-corrected chi connectivity index (χ2v) is 4.33. The first-order valence-electron chi connectivity index (χ1n) is 5.11. The van der Waals surface area contributed by atoms with E-state index in [9.17, 15) is 8.78 Å². The monoisotopic (exact) mass is 266 g/mol. The van der Waals surface area contributed by atoms with Crippen LogP contribution in [-0.4, -0.2) is 11.5 Å². The largest absolute Gasteiger partial charge is 0.241 e. The van der Waals surface area contributed by atoms with Gasteiger partial charge in [0.25, 0.3) is 0 Å². The van der Waals surface area contributed by atoms with E-state index in [1.807, 2.05) is 0 Å². The average molecular weight is 266 g/mol. The summed E-state index contributed by atoms with van der Waals surface area (Å²) in [6, 6.07) is 3.39. The maximum absolute atomic E-state index is 13.5. The summed E-state index contributed by atoms with van der Waals surface area (Å²) in [4.78, 5) is 6.85. The maximum atomic E-state index is 13.5. The van der Waals surface area contributed by atoms with Crippen LogP contribution in [0.4, 0.5) is 8.78 Å². The Morgan fingerprint density at radius 1 is 1.39 bits per heavy atom. The molecule has 0 aliphatic rings. The highest BCUT2D eigenvalue weighted by atomic mass is 32.1. The molecule has 0 amide bonds. The Morgan fingerprint density at radius 2 is 2.22 bits per heavy atom. The molecule has 0 aliphatic heterocycles. The van der Waals surface area contributed by atoms with Crippen molar-refractivity contribution < 1.29 is 8.78 Å². The Bertz CT molecular complexity index is 605. The van der Waals surface area contributed by atoms with Gasteiger partial charge in [-0.3, -0.25) is 0 Å². The topological polar surface area (TPSA) is 61.7 Å². The third kappa shape index (κ3) is 2.82. The molecule has 1 heterocycles. The number of hydrogen-bond donors (Lipinski definition) is 0. The van der Waals surface area contributed by atoms with Crippen LogP contribution in [0.1, 0.15) is 5.69 Å². The molecule has 0 saturated carbocycles. The standard InChI is InChI=1S/C11H8F2N4S/c12-7-1-2-9(10(13)5-7)11-16-8(6-18-11)3-4-15-17-14/h1-2,5-6H,3-4H2. The first-order chi connectivity index (χ1) is 8.70. The number of aromatic nitrogens is 1. The SMILES string of the molecule is [N-]=[N+]=NCCc1csc(-c2ccc(F)cc2F)n1. The van der Waals surface area contributed by atoms with Gasteiger partial charge < -0.3 is 0 Å². The zero-order valence-electron chi connectivity index (χ0n) is 9.18. The molecule has 0 aliphatic carbocycles. The quantitative estimate of drug-likeness (QED) is 0.469. The number of nitrogens with zero attached hydrogens (tertiary/aromatic N) is 4. The number of thiazole rings is 1. The van der Waals surface area contributed by atoms with E-state index in [2.05, 4.69) is 15.0 Å². The fourth-order valence-corrected chi connectivity index (χ4v) is 2.30. The number of azide groups is 1. The van der Waals surface area contributed by atoms with Gasteiger partial charge in [0.05, 0.1) is 5.69 Å². The highest BCUT2D eigenvalue weighted by Gasteiger charge is 2.10. The summed E-state index contributed by atoms with van der Waals surface area (Å²) in [5, 5.41) is 5.66. The Hall–Kier alpha value is -1.98. The summed E-state index contributed by atoms with van der Waals surface area (Å²) in [6.45, 7) is 0.311. The van der Waals surface area contributed by atoms with Crippen molar-refractivity contribution in [2.24, 2.45) is 5.11 Å².